The highest BCUT2D eigenvalue weighted by Crippen LogP contribution is 2.21. The lowest BCUT2D eigenvalue weighted by Gasteiger charge is -2.03. The summed E-state index contributed by atoms with van der Waals surface area (Å²) < 4.78 is 0. The Labute approximate surface area is 232 Å². The maximum Gasteiger partial charge on any atom is 0.254 e. The Morgan fingerprint density at radius 3 is 1.53 bits per heavy atom. The van der Waals surface area contributed by atoms with Gasteiger partial charge in [-0.05, 0) is 23.6 Å². The van der Waals surface area contributed by atoms with Gasteiger partial charge in [0.25, 0.3) is 5.95 Å². The highest BCUT2D eigenvalue weighted by molar-refractivity contribution is 5.82. The minimum atomic E-state index is 0.149. The third-order valence-electron chi connectivity index (χ3n) is 4.30. The van der Waals surface area contributed by atoms with Gasteiger partial charge in [-0.1, -0.05) is 154 Å². The Bertz CT molecular complexity index is 1100. The molecule has 4 aromatic rings. The lowest BCUT2D eigenvalue weighted by atomic mass is 10.0. The average molecular weight is 516 g/mol. The van der Waals surface area contributed by atoms with E-state index in [1.165, 1.54) is 11.1 Å². The Hall–Kier alpha value is -3.86. The van der Waals surface area contributed by atoms with Crippen molar-refractivity contribution in [1.29, 1.82) is 0 Å². The third-order valence-corrected chi connectivity index (χ3v) is 4.30. The van der Waals surface area contributed by atoms with Gasteiger partial charge in [0.1, 0.15) is 0 Å². The van der Waals surface area contributed by atoms with Crippen LogP contribution in [0.15, 0.2) is 83.9 Å². The normalized spacial score (nSPS) is 8.92. The lowest BCUT2D eigenvalue weighted by molar-refractivity contribution is 1.06. The Balaban J connectivity index is 0. The zero-order valence-electron chi connectivity index (χ0n) is 25.4. The van der Waals surface area contributed by atoms with Gasteiger partial charge in [-0.25, -0.2) is 4.99 Å². The van der Waals surface area contributed by atoms with E-state index in [0.717, 1.165) is 16.7 Å². The van der Waals surface area contributed by atoms with Crippen molar-refractivity contribution >= 4 is 18.1 Å². The molecule has 1 heterocycles. The molecule has 3 aromatic carbocycles. The molecular formula is C33H49N5. The molecule has 5 heteroatoms. The summed E-state index contributed by atoms with van der Waals surface area (Å²) in [5.41, 5.74) is 11.2. The molecule has 4 rings (SSSR count). The van der Waals surface area contributed by atoms with E-state index in [4.69, 9.17) is 5.73 Å². The van der Waals surface area contributed by atoms with Gasteiger partial charge >= 0.3 is 0 Å². The van der Waals surface area contributed by atoms with E-state index < -0.39 is 0 Å². The molecule has 0 saturated heterocycles. The van der Waals surface area contributed by atoms with Crippen molar-refractivity contribution in [2.75, 3.05) is 5.73 Å². The molecule has 38 heavy (non-hydrogen) atoms. The molecular weight excluding hydrogens is 466 g/mol. The molecule has 0 radical (unpaired) electrons. The monoisotopic (exact) mass is 515 g/mol. The van der Waals surface area contributed by atoms with Crippen LogP contribution in [0.25, 0.3) is 22.5 Å². The smallest absolute Gasteiger partial charge is 0.254 e. The predicted octanol–water partition coefficient (Wildman–Crippen LogP) is 9.98. The quantitative estimate of drug-likeness (QED) is 0.274. The Morgan fingerprint density at radius 2 is 1.03 bits per heavy atom. The fourth-order valence-corrected chi connectivity index (χ4v) is 2.79. The van der Waals surface area contributed by atoms with E-state index in [1.807, 2.05) is 112 Å². The zero-order chi connectivity index (χ0) is 29.3. The molecule has 0 aliphatic rings. The number of nitrogens with zero attached hydrogens (tertiary/aromatic N) is 4. The number of nitrogen functional groups attached to an aromatic ring is 1. The molecule has 0 unspecified atom stereocenters. The molecule has 0 aliphatic carbocycles. The number of aryl methyl sites for hydroxylation is 1. The largest absolute Gasteiger partial charge is 0.368 e. The zero-order valence-corrected chi connectivity index (χ0v) is 25.4. The average Bonchev–Trinajstić information content (AvgIpc) is 3.02. The minimum Gasteiger partial charge on any atom is -0.368 e. The number of nitrogens with two attached hydrogens (primary N) is 1. The van der Waals surface area contributed by atoms with Gasteiger partial charge in [-0.2, -0.15) is 15.0 Å². The molecule has 206 valence electrons. The van der Waals surface area contributed by atoms with E-state index >= 15 is 0 Å². The van der Waals surface area contributed by atoms with Crippen molar-refractivity contribution in [3.8, 4) is 22.5 Å². The third kappa shape index (κ3) is 12.9. The van der Waals surface area contributed by atoms with Crippen molar-refractivity contribution in [3.05, 3.63) is 90.0 Å². The molecule has 0 aliphatic heterocycles. The van der Waals surface area contributed by atoms with Gasteiger partial charge in [0.15, 0.2) is 5.82 Å². The predicted molar refractivity (Wildman–Crippen MR) is 170 cm³/mol. The number of aliphatic imine (C=N–C) groups is 1. The number of benzene rings is 3. The lowest BCUT2D eigenvalue weighted by Crippen LogP contribution is -1.99. The summed E-state index contributed by atoms with van der Waals surface area (Å²) in [6, 6.07) is 26.3. The van der Waals surface area contributed by atoms with Crippen molar-refractivity contribution in [2.45, 2.75) is 76.2 Å². The van der Waals surface area contributed by atoms with E-state index in [0.29, 0.717) is 5.82 Å². The van der Waals surface area contributed by atoms with Crippen LogP contribution in [-0.2, 0) is 0 Å². The van der Waals surface area contributed by atoms with Crippen molar-refractivity contribution < 1.29 is 0 Å². The van der Waals surface area contributed by atoms with Crippen LogP contribution in [0.1, 0.15) is 80.4 Å². The molecule has 0 bridgehead atoms. The summed E-state index contributed by atoms with van der Waals surface area (Å²) in [6.07, 6.45) is 1.72. The maximum absolute atomic E-state index is 5.82. The molecule has 0 saturated carbocycles. The first kappa shape index (κ1) is 36.3. The van der Waals surface area contributed by atoms with E-state index in [1.54, 1.807) is 6.21 Å². The van der Waals surface area contributed by atoms with Crippen LogP contribution in [0, 0.1) is 6.92 Å². The minimum absolute atomic E-state index is 0.149. The number of hydrogen-bond acceptors (Lipinski definition) is 5. The number of aromatic nitrogens is 3. The second-order valence-electron chi connectivity index (χ2n) is 6.43. The highest BCUT2D eigenvalue weighted by Gasteiger charge is 2.05. The summed E-state index contributed by atoms with van der Waals surface area (Å²) >= 11 is 0. The van der Waals surface area contributed by atoms with Gasteiger partial charge in [-0.3, -0.25) is 0 Å². The van der Waals surface area contributed by atoms with E-state index in [2.05, 4.69) is 63.3 Å². The molecule has 0 fully saturated rings. The fraction of sp³-hybridized carbons (Fsp3) is 0.333. The van der Waals surface area contributed by atoms with Gasteiger partial charge in [0.05, 0.1) is 0 Å². The molecule has 1 aromatic heterocycles. The Kier molecular flexibility index (Phi) is 22.5. The number of hydrogen-bond donors (Lipinski definition) is 1. The van der Waals surface area contributed by atoms with E-state index in [-0.39, 0.29) is 11.9 Å². The van der Waals surface area contributed by atoms with E-state index in [9.17, 15) is 0 Å². The van der Waals surface area contributed by atoms with Crippen LogP contribution in [0.4, 0.5) is 11.9 Å². The Morgan fingerprint density at radius 1 is 0.553 bits per heavy atom. The van der Waals surface area contributed by atoms with Crippen LogP contribution in [0.5, 0.6) is 0 Å². The molecule has 5 nitrogen and oxygen atoms in total. The van der Waals surface area contributed by atoms with Crippen LogP contribution >= 0.6 is 0 Å². The summed E-state index contributed by atoms with van der Waals surface area (Å²) in [7, 11) is 0. The highest BCUT2D eigenvalue weighted by atomic mass is 15.2. The fourth-order valence-electron chi connectivity index (χ4n) is 2.79. The second kappa shape index (κ2) is 23.5. The topological polar surface area (TPSA) is 77.0 Å². The molecule has 0 spiro atoms. The SMILES string of the molecule is CC.CC.CC.CC.CC.Cc1ccc(-c2ccc(C=Nc3nc(N)nc(-c4ccccc4)n3)cc2)cc1. The van der Waals surface area contributed by atoms with Crippen molar-refractivity contribution in [2.24, 2.45) is 4.99 Å². The molecule has 2 N–H and O–H groups in total. The second-order valence-corrected chi connectivity index (χ2v) is 6.43. The van der Waals surface area contributed by atoms with Gasteiger partial charge in [-0.15, -0.1) is 0 Å². The standard InChI is InChI=1S/C23H19N5.5C2H6/c1-16-7-11-18(12-8-16)19-13-9-17(10-14-19)15-25-23-27-21(26-22(24)28-23)20-5-3-2-4-6-20;5*1-2/h2-15H,1H3,(H2,24,26,27,28);5*1-2H3. The van der Waals surface area contributed by atoms with Gasteiger partial charge < -0.3 is 5.73 Å². The first-order chi connectivity index (χ1) is 18.7. The van der Waals surface area contributed by atoms with Crippen LogP contribution in [0.2, 0.25) is 0 Å². The van der Waals surface area contributed by atoms with Crippen molar-refractivity contribution in [1.82, 2.24) is 15.0 Å². The number of anilines is 1. The van der Waals surface area contributed by atoms with Crippen LogP contribution < -0.4 is 5.73 Å². The van der Waals surface area contributed by atoms with Gasteiger partial charge in [0.2, 0.25) is 5.95 Å². The first-order valence-electron chi connectivity index (χ1n) is 14.0. The summed E-state index contributed by atoms with van der Waals surface area (Å²) in [4.78, 5) is 17.1. The number of rotatable bonds is 4. The summed E-state index contributed by atoms with van der Waals surface area (Å²) in [5.74, 6) is 0.944. The molecule has 0 atom stereocenters. The van der Waals surface area contributed by atoms with Crippen LogP contribution in [0.3, 0.4) is 0 Å². The summed E-state index contributed by atoms with van der Waals surface area (Å²) in [5, 5.41) is 0. The summed E-state index contributed by atoms with van der Waals surface area (Å²) in [6.45, 7) is 22.1. The first-order valence-corrected chi connectivity index (χ1v) is 14.0. The molecule has 0 amide bonds. The van der Waals surface area contributed by atoms with Crippen LogP contribution in [-0.4, -0.2) is 21.2 Å². The van der Waals surface area contributed by atoms with Crippen molar-refractivity contribution in [3.63, 3.8) is 0 Å². The maximum atomic E-state index is 5.82. The van der Waals surface area contributed by atoms with Gasteiger partial charge in [0, 0.05) is 11.8 Å².